The molecule has 0 bridgehead atoms. The van der Waals surface area contributed by atoms with Crippen LogP contribution in [0.3, 0.4) is 0 Å². The van der Waals surface area contributed by atoms with Gasteiger partial charge in [-0.2, -0.15) is 0 Å². The fraction of sp³-hybridized carbons (Fsp3) is 0.111. The number of hydrogen-bond acceptors (Lipinski definition) is 4. The van der Waals surface area contributed by atoms with Crippen molar-refractivity contribution < 1.29 is 14.3 Å². The first-order valence-corrected chi connectivity index (χ1v) is 8.31. The molecule has 0 saturated heterocycles. The molecule has 0 aliphatic carbocycles. The summed E-state index contributed by atoms with van der Waals surface area (Å²) in [5.41, 5.74) is 1.06. The van der Waals surface area contributed by atoms with E-state index in [1.807, 2.05) is 6.92 Å². The zero-order chi connectivity index (χ0) is 18.0. The zero-order valence-corrected chi connectivity index (χ0v) is 14.8. The Balaban J connectivity index is 1.83. The van der Waals surface area contributed by atoms with Crippen LogP contribution in [-0.4, -0.2) is 18.4 Å². The number of halogens is 2. The fourth-order valence-electron chi connectivity index (χ4n) is 2.38. The molecule has 1 heterocycles. The Kier molecular flexibility index (Phi) is 4.97. The zero-order valence-electron chi connectivity index (χ0n) is 13.3. The van der Waals surface area contributed by atoms with E-state index in [2.05, 4.69) is 5.32 Å². The SMILES string of the molecule is CCOc1ccc(NC2=C(Cl)C(=O)N(c3ccc(Cl)cc3)C2=O)cc1. The molecule has 0 fully saturated rings. The van der Waals surface area contributed by atoms with E-state index in [0.717, 1.165) is 4.90 Å². The van der Waals surface area contributed by atoms with E-state index < -0.39 is 11.8 Å². The van der Waals surface area contributed by atoms with Crippen LogP contribution in [0.2, 0.25) is 5.02 Å². The number of hydrogen-bond donors (Lipinski definition) is 1. The van der Waals surface area contributed by atoms with E-state index in [1.54, 1.807) is 48.5 Å². The number of ether oxygens (including phenoxy) is 1. The third kappa shape index (κ3) is 3.48. The second-order valence-corrected chi connectivity index (χ2v) is 6.01. The van der Waals surface area contributed by atoms with E-state index in [9.17, 15) is 9.59 Å². The molecule has 2 amide bonds. The number of nitrogens with one attached hydrogen (secondary N) is 1. The average Bonchev–Trinajstić information content (AvgIpc) is 2.81. The van der Waals surface area contributed by atoms with Gasteiger partial charge in [0.25, 0.3) is 11.8 Å². The van der Waals surface area contributed by atoms with Crippen LogP contribution in [0.15, 0.2) is 59.3 Å². The van der Waals surface area contributed by atoms with Crippen molar-refractivity contribution in [3.05, 3.63) is 64.3 Å². The number of rotatable bonds is 5. The first kappa shape index (κ1) is 17.3. The molecule has 0 aromatic heterocycles. The predicted molar refractivity (Wildman–Crippen MR) is 98.1 cm³/mol. The maximum atomic E-state index is 12.6. The Labute approximate surface area is 154 Å². The topological polar surface area (TPSA) is 58.6 Å². The van der Waals surface area contributed by atoms with Crippen molar-refractivity contribution in [2.24, 2.45) is 0 Å². The minimum absolute atomic E-state index is 0.0331. The Morgan fingerprint density at radius 1 is 0.960 bits per heavy atom. The van der Waals surface area contributed by atoms with E-state index in [0.29, 0.717) is 28.8 Å². The summed E-state index contributed by atoms with van der Waals surface area (Å²) in [6.45, 7) is 2.46. The molecule has 2 aromatic carbocycles. The first-order chi connectivity index (χ1) is 12.0. The Morgan fingerprint density at radius 3 is 2.20 bits per heavy atom. The summed E-state index contributed by atoms with van der Waals surface area (Å²) in [5.74, 6) is -0.390. The van der Waals surface area contributed by atoms with E-state index in [1.165, 1.54) is 0 Å². The number of benzene rings is 2. The van der Waals surface area contributed by atoms with Crippen LogP contribution in [0.5, 0.6) is 5.75 Å². The standard InChI is InChI=1S/C18H14Cl2N2O3/c1-2-25-14-9-5-12(6-10-14)21-16-15(20)17(23)22(18(16)24)13-7-3-11(19)4-8-13/h3-10,21H,2H2,1H3. The lowest BCUT2D eigenvalue weighted by Gasteiger charge is -2.15. The molecule has 7 heteroatoms. The molecule has 25 heavy (non-hydrogen) atoms. The third-order valence-electron chi connectivity index (χ3n) is 3.55. The number of anilines is 2. The van der Waals surface area contributed by atoms with Crippen LogP contribution in [0.1, 0.15) is 6.92 Å². The van der Waals surface area contributed by atoms with Gasteiger partial charge in [-0.05, 0) is 55.5 Å². The van der Waals surface area contributed by atoms with Gasteiger partial charge in [0.15, 0.2) is 0 Å². The largest absolute Gasteiger partial charge is 0.494 e. The van der Waals surface area contributed by atoms with Gasteiger partial charge in [0.05, 0.1) is 12.3 Å². The summed E-state index contributed by atoms with van der Waals surface area (Å²) in [5, 5.41) is 3.26. The highest BCUT2D eigenvalue weighted by atomic mass is 35.5. The van der Waals surface area contributed by atoms with Crippen molar-refractivity contribution in [2.75, 3.05) is 16.8 Å². The molecule has 1 aliphatic heterocycles. The van der Waals surface area contributed by atoms with Gasteiger partial charge in [-0.1, -0.05) is 23.2 Å². The van der Waals surface area contributed by atoms with Crippen LogP contribution in [0.25, 0.3) is 0 Å². The highest BCUT2D eigenvalue weighted by Gasteiger charge is 2.38. The lowest BCUT2D eigenvalue weighted by Crippen LogP contribution is -2.32. The first-order valence-electron chi connectivity index (χ1n) is 7.55. The van der Waals surface area contributed by atoms with Gasteiger partial charge in [-0.15, -0.1) is 0 Å². The Hall–Kier alpha value is -2.50. The summed E-state index contributed by atoms with van der Waals surface area (Å²) < 4.78 is 5.37. The molecule has 5 nitrogen and oxygen atoms in total. The van der Waals surface area contributed by atoms with Crippen molar-refractivity contribution in [1.29, 1.82) is 0 Å². The van der Waals surface area contributed by atoms with Crippen molar-refractivity contribution in [3.8, 4) is 5.75 Å². The smallest absolute Gasteiger partial charge is 0.283 e. The van der Waals surface area contributed by atoms with Crippen LogP contribution in [0.4, 0.5) is 11.4 Å². The molecule has 0 unspecified atom stereocenters. The predicted octanol–water partition coefficient (Wildman–Crippen LogP) is 4.17. The van der Waals surface area contributed by atoms with E-state index in [-0.39, 0.29) is 10.7 Å². The lowest BCUT2D eigenvalue weighted by molar-refractivity contribution is -0.120. The quantitative estimate of drug-likeness (QED) is 0.795. The molecule has 0 spiro atoms. The van der Waals surface area contributed by atoms with Crippen molar-refractivity contribution in [1.82, 2.24) is 0 Å². The van der Waals surface area contributed by atoms with Crippen molar-refractivity contribution >= 4 is 46.4 Å². The molecule has 0 radical (unpaired) electrons. The van der Waals surface area contributed by atoms with Gasteiger partial charge in [0.1, 0.15) is 16.5 Å². The second-order valence-electron chi connectivity index (χ2n) is 5.19. The normalized spacial score (nSPS) is 14.3. The number of amides is 2. The van der Waals surface area contributed by atoms with Gasteiger partial charge in [-0.25, -0.2) is 4.90 Å². The van der Waals surface area contributed by atoms with Gasteiger partial charge >= 0.3 is 0 Å². The van der Waals surface area contributed by atoms with Crippen LogP contribution >= 0.6 is 23.2 Å². The summed E-state index contributed by atoms with van der Waals surface area (Å²) in [4.78, 5) is 26.0. The molecule has 0 atom stereocenters. The third-order valence-corrected chi connectivity index (χ3v) is 4.15. The number of carbonyl (C=O) groups is 2. The van der Waals surface area contributed by atoms with Gasteiger partial charge in [-0.3, -0.25) is 9.59 Å². The van der Waals surface area contributed by atoms with Gasteiger partial charge < -0.3 is 10.1 Å². The van der Waals surface area contributed by atoms with Gasteiger partial charge in [0.2, 0.25) is 0 Å². The Bertz CT molecular complexity index is 846. The fourth-order valence-corrected chi connectivity index (χ4v) is 2.72. The van der Waals surface area contributed by atoms with E-state index >= 15 is 0 Å². The highest BCUT2D eigenvalue weighted by molar-refractivity contribution is 6.53. The molecule has 3 rings (SSSR count). The lowest BCUT2D eigenvalue weighted by atomic mass is 10.2. The monoisotopic (exact) mass is 376 g/mol. The summed E-state index contributed by atoms with van der Waals surface area (Å²) in [6, 6.07) is 13.4. The van der Waals surface area contributed by atoms with Crippen molar-refractivity contribution in [2.45, 2.75) is 6.92 Å². The van der Waals surface area contributed by atoms with E-state index in [4.69, 9.17) is 27.9 Å². The summed E-state index contributed by atoms with van der Waals surface area (Å²) in [7, 11) is 0. The molecule has 1 aliphatic rings. The molecular weight excluding hydrogens is 363 g/mol. The number of carbonyl (C=O) groups excluding carboxylic acids is 2. The highest BCUT2D eigenvalue weighted by Crippen LogP contribution is 2.31. The van der Waals surface area contributed by atoms with Crippen LogP contribution in [-0.2, 0) is 9.59 Å². The molecule has 128 valence electrons. The van der Waals surface area contributed by atoms with Gasteiger partial charge in [0, 0.05) is 10.7 Å². The maximum absolute atomic E-state index is 12.6. The average molecular weight is 377 g/mol. The minimum atomic E-state index is -0.581. The molecular formula is C18H14Cl2N2O3. The Morgan fingerprint density at radius 2 is 1.60 bits per heavy atom. The second kappa shape index (κ2) is 7.17. The maximum Gasteiger partial charge on any atom is 0.283 e. The molecule has 1 N–H and O–H groups in total. The summed E-state index contributed by atoms with van der Waals surface area (Å²) >= 11 is 11.9. The van der Waals surface area contributed by atoms with Crippen LogP contribution < -0.4 is 15.0 Å². The molecule has 0 saturated carbocycles. The molecule has 2 aromatic rings. The number of imide groups is 1. The van der Waals surface area contributed by atoms with Crippen LogP contribution in [0, 0.1) is 0 Å². The number of nitrogens with zero attached hydrogens (tertiary/aromatic N) is 1. The minimum Gasteiger partial charge on any atom is -0.494 e. The van der Waals surface area contributed by atoms with Crippen molar-refractivity contribution in [3.63, 3.8) is 0 Å². The summed E-state index contributed by atoms with van der Waals surface area (Å²) in [6.07, 6.45) is 0.